The Balaban J connectivity index is 2.12. The van der Waals surface area contributed by atoms with Gasteiger partial charge in [0.2, 0.25) is 5.91 Å². The topological polar surface area (TPSA) is 109 Å². The molecule has 2 aromatic rings. The number of anilines is 1. The van der Waals surface area contributed by atoms with E-state index in [1.54, 1.807) is 38.1 Å². The molecule has 1 heterocycles. The highest BCUT2D eigenvalue weighted by Crippen LogP contribution is 2.24. The Morgan fingerprint density at radius 3 is 2.61 bits per heavy atom. The molecule has 0 radical (unpaired) electrons. The number of Topliss-reactive ketones (excluding diaryl/α,β-unsaturated/α-hetero) is 1. The van der Waals surface area contributed by atoms with E-state index in [4.69, 9.17) is 4.74 Å². The highest BCUT2D eigenvalue weighted by molar-refractivity contribution is 8.00. The second kappa shape index (κ2) is 9.67. The fraction of sp³-hybridized carbons (Fsp3) is 0.250. The third-order valence-electron chi connectivity index (χ3n) is 3.71. The van der Waals surface area contributed by atoms with Gasteiger partial charge in [0.05, 0.1) is 29.2 Å². The summed E-state index contributed by atoms with van der Waals surface area (Å²) in [6.07, 6.45) is 0. The van der Waals surface area contributed by atoms with E-state index in [9.17, 15) is 19.6 Å². The summed E-state index contributed by atoms with van der Waals surface area (Å²) in [4.78, 5) is 40.2. The van der Waals surface area contributed by atoms with Crippen molar-refractivity contribution in [3.63, 3.8) is 0 Å². The summed E-state index contributed by atoms with van der Waals surface area (Å²) in [5.74, 6) is -1.07. The van der Waals surface area contributed by atoms with E-state index in [1.165, 1.54) is 13.0 Å². The summed E-state index contributed by atoms with van der Waals surface area (Å²) in [7, 11) is 0. The average Bonchev–Trinajstić information content (AvgIpc) is 2.66. The maximum Gasteiger partial charge on any atom is 0.340 e. The SMILES string of the molecule is CCOC(=O)c1ccccc1NC(=O)CSc1nc(C)c(C(C)=O)cc1C#N. The van der Waals surface area contributed by atoms with Crippen LogP contribution in [0.2, 0.25) is 0 Å². The maximum absolute atomic E-state index is 12.3. The molecule has 0 unspecified atom stereocenters. The Morgan fingerprint density at radius 2 is 1.96 bits per heavy atom. The minimum absolute atomic E-state index is 0.0162. The lowest BCUT2D eigenvalue weighted by Gasteiger charge is -2.11. The molecule has 7 nitrogen and oxygen atoms in total. The van der Waals surface area contributed by atoms with E-state index in [0.29, 0.717) is 22.0 Å². The lowest BCUT2D eigenvalue weighted by Crippen LogP contribution is -2.17. The highest BCUT2D eigenvalue weighted by Gasteiger charge is 2.16. The first-order valence-corrected chi connectivity index (χ1v) is 9.47. The number of ketones is 1. The third kappa shape index (κ3) is 5.18. The predicted molar refractivity (Wildman–Crippen MR) is 105 cm³/mol. The second-order valence-electron chi connectivity index (χ2n) is 5.74. The number of rotatable bonds is 7. The molecule has 144 valence electrons. The van der Waals surface area contributed by atoms with Crippen LogP contribution in [-0.2, 0) is 9.53 Å². The van der Waals surface area contributed by atoms with E-state index in [2.05, 4.69) is 10.3 Å². The van der Waals surface area contributed by atoms with Gasteiger partial charge >= 0.3 is 5.97 Å². The van der Waals surface area contributed by atoms with Crippen molar-refractivity contribution in [1.29, 1.82) is 5.26 Å². The number of aromatic nitrogens is 1. The summed E-state index contributed by atoms with van der Waals surface area (Å²) in [5, 5.41) is 12.3. The predicted octanol–water partition coefficient (Wildman–Crippen LogP) is 3.37. The first-order chi connectivity index (χ1) is 13.4. The van der Waals surface area contributed by atoms with Crippen molar-refractivity contribution >= 4 is 35.1 Å². The number of pyridine rings is 1. The molecular weight excluding hydrogens is 378 g/mol. The van der Waals surface area contributed by atoms with Crippen LogP contribution in [0.3, 0.4) is 0 Å². The molecular formula is C20H19N3O4S. The van der Waals surface area contributed by atoms with Crippen LogP contribution in [0.25, 0.3) is 0 Å². The van der Waals surface area contributed by atoms with E-state index in [1.807, 2.05) is 6.07 Å². The van der Waals surface area contributed by atoms with E-state index >= 15 is 0 Å². The normalized spacial score (nSPS) is 10.1. The van der Waals surface area contributed by atoms with Crippen molar-refractivity contribution in [1.82, 2.24) is 4.98 Å². The van der Waals surface area contributed by atoms with Crippen molar-refractivity contribution < 1.29 is 19.1 Å². The molecule has 1 amide bonds. The molecule has 1 N–H and O–H groups in total. The maximum atomic E-state index is 12.3. The smallest absolute Gasteiger partial charge is 0.340 e. The zero-order valence-electron chi connectivity index (χ0n) is 15.7. The van der Waals surface area contributed by atoms with Crippen molar-refractivity contribution in [2.75, 3.05) is 17.7 Å². The molecule has 0 atom stereocenters. The van der Waals surface area contributed by atoms with Crippen LogP contribution in [0.15, 0.2) is 35.4 Å². The molecule has 0 bridgehead atoms. The van der Waals surface area contributed by atoms with Gasteiger partial charge in [0, 0.05) is 11.3 Å². The summed E-state index contributed by atoms with van der Waals surface area (Å²) < 4.78 is 4.98. The van der Waals surface area contributed by atoms with Crippen LogP contribution in [0.5, 0.6) is 0 Å². The number of aryl methyl sites for hydroxylation is 1. The molecule has 0 saturated carbocycles. The number of hydrogen-bond acceptors (Lipinski definition) is 7. The number of hydrogen-bond donors (Lipinski definition) is 1. The molecule has 28 heavy (non-hydrogen) atoms. The molecule has 1 aromatic carbocycles. The van der Waals surface area contributed by atoms with Gasteiger partial charge in [-0.15, -0.1) is 0 Å². The number of thioether (sulfide) groups is 1. The zero-order valence-corrected chi connectivity index (χ0v) is 16.6. The Bertz CT molecular complexity index is 966. The van der Waals surface area contributed by atoms with Gasteiger partial charge in [0.1, 0.15) is 11.1 Å². The minimum Gasteiger partial charge on any atom is -0.462 e. The quantitative estimate of drug-likeness (QED) is 0.433. The number of carbonyl (C=O) groups excluding carboxylic acids is 3. The average molecular weight is 397 g/mol. The van der Waals surface area contributed by atoms with Crippen molar-refractivity contribution in [3.8, 4) is 6.07 Å². The van der Waals surface area contributed by atoms with Gasteiger partial charge in [-0.1, -0.05) is 23.9 Å². The van der Waals surface area contributed by atoms with Gasteiger partial charge in [0.15, 0.2) is 5.78 Å². The van der Waals surface area contributed by atoms with Gasteiger partial charge in [-0.3, -0.25) is 9.59 Å². The minimum atomic E-state index is -0.519. The van der Waals surface area contributed by atoms with Gasteiger partial charge in [-0.2, -0.15) is 5.26 Å². The monoisotopic (exact) mass is 397 g/mol. The first kappa shape index (κ1) is 21.1. The Morgan fingerprint density at radius 1 is 1.25 bits per heavy atom. The molecule has 8 heteroatoms. The molecule has 0 fully saturated rings. The third-order valence-corrected chi connectivity index (χ3v) is 4.71. The van der Waals surface area contributed by atoms with Crippen LogP contribution < -0.4 is 5.32 Å². The Hall–Kier alpha value is -3.18. The van der Waals surface area contributed by atoms with E-state index in [-0.39, 0.29) is 35.2 Å². The number of carbonyl (C=O) groups is 3. The summed E-state index contributed by atoms with van der Waals surface area (Å²) in [5.41, 5.74) is 1.74. The van der Waals surface area contributed by atoms with E-state index in [0.717, 1.165) is 11.8 Å². The summed E-state index contributed by atoms with van der Waals surface area (Å²) in [6, 6.07) is 10.0. The highest BCUT2D eigenvalue weighted by atomic mass is 32.2. The number of nitrogens with zero attached hydrogens (tertiary/aromatic N) is 2. The number of amides is 1. The Kier molecular flexibility index (Phi) is 7.29. The largest absolute Gasteiger partial charge is 0.462 e. The number of benzene rings is 1. The van der Waals surface area contributed by atoms with Crippen LogP contribution in [0.1, 0.15) is 45.8 Å². The lowest BCUT2D eigenvalue weighted by atomic mass is 10.1. The lowest BCUT2D eigenvalue weighted by molar-refractivity contribution is -0.113. The van der Waals surface area contributed by atoms with Gasteiger partial charge in [0.25, 0.3) is 0 Å². The fourth-order valence-corrected chi connectivity index (χ4v) is 3.23. The van der Waals surface area contributed by atoms with Crippen LogP contribution in [-0.4, -0.2) is 35.0 Å². The molecule has 0 saturated heterocycles. The van der Waals surface area contributed by atoms with Crippen molar-refractivity contribution in [3.05, 3.63) is 52.7 Å². The molecule has 2 rings (SSSR count). The standard InChI is InChI=1S/C20H19N3O4S/c1-4-27-20(26)15-7-5-6-8-17(15)23-18(25)11-28-19-14(10-21)9-16(13(3)24)12(2)22-19/h5-9H,4,11H2,1-3H3,(H,23,25). The summed E-state index contributed by atoms with van der Waals surface area (Å²) >= 11 is 1.08. The molecule has 0 aliphatic carbocycles. The number of ether oxygens (including phenoxy) is 1. The van der Waals surface area contributed by atoms with Crippen LogP contribution >= 0.6 is 11.8 Å². The zero-order chi connectivity index (χ0) is 20.7. The number of nitriles is 1. The van der Waals surface area contributed by atoms with Crippen LogP contribution in [0.4, 0.5) is 5.69 Å². The van der Waals surface area contributed by atoms with Crippen LogP contribution in [0, 0.1) is 18.3 Å². The molecule has 0 aliphatic rings. The molecule has 0 aliphatic heterocycles. The van der Waals surface area contributed by atoms with Crippen molar-refractivity contribution in [2.24, 2.45) is 0 Å². The Labute approximate surface area is 167 Å². The number of nitrogens with one attached hydrogen (secondary N) is 1. The van der Waals surface area contributed by atoms with E-state index < -0.39 is 5.97 Å². The van der Waals surface area contributed by atoms with Gasteiger partial charge < -0.3 is 10.1 Å². The summed E-state index contributed by atoms with van der Waals surface area (Å²) in [6.45, 7) is 5.02. The molecule has 1 aromatic heterocycles. The van der Waals surface area contributed by atoms with Gasteiger partial charge in [-0.25, -0.2) is 9.78 Å². The van der Waals surface area contributed by atoms with Gasteiger partial charge in [-0.05, 0) is 39.0 Å². The first-order valence-electron chi connectivity index (χ1n) is 8.48. The second-order valence-corrected chi connectivity index (χ2v) is 6.71. The van der Waals surface area contributed by atoms with Crippen molar-refractivity contribution in [2.45, 2.75) is 25.8 Å². The fourth-order valence-electron chi connectivity index (χ4n) is 2.43. The molecule has 0 spiro atoms. The number of esters is 1. The number of para-hydroxylation sites is 1.